The fraction of sp³-hybridized carbons (Fsp3) is 0.286. The lowest BCUT2D eigenvalue weighted by molar-refractivity contribution is 0.625. The van der Waals surface area contributed by atoms with Crippen molar-refractivity contribution in [1.82, 2.24) is 5.32 Å². The van der Waals surface area contributed by atoms with Crippen molar-refractivity contribution in [2.24, 2.45) is 0 Å². The first-order chi connectivity index (χ1) is 8.70. The molecule has 0 fully saturated rings. The molecular weight excluding hydrogens is 269 g/mol. The van der Waals surface area contributed by atoms with Crippen LogP contribution in [0.3, 0.4) is 0 Å². The molecular formula is C14H15ClFNS. The fourth-order valence-corrected chi connectivity index (χ4v) is 2.96. The molecule has 0 aliphatic heterocycles. The molecule has 96 valence electrons. The third kappa shape index (κ3) is 3.31. The topological polar surface area (TPSA) is 12.0 Å². The van der Waals surface area contributed by atoms with E-state index in [0.29, 0.717) is 6.54 Å². The highest BCUT2D eigenvalue weighted by molar-refractivity contribution is 7.10. The van der Waals surface area contributed by atoms with Gasteiger partial charge in [0.25, 0.3) is 0 Å². The Morgan fingerprint density at radius 1 is 1.28 bits per heavy atom. The highest BCUT2D eigenvalue weighted by Gasteiger charge is 2.03. The lowest BCUT2D eigenvalue weighted by Gasteiger charge is -2.06. The SMILES string of the molecule is CCc1ccsc1CNCc1ccc(F)c(Cl)c1. The maximum absolute atomic E-state index is 13.0. The molecule has 1 heterocycles. The molecule has 0 aliphatic carbocycles. The van der Waals surface area contributed by atoms with E-state index in [1.54, 1.807) is 23.5 Å². The number of benzene rings is 1. The molecule has 0 spiro atoms. The zero-order valence-corrected chi connectivity index (χ0v) is 11.7. The molecule has 2 rings (SSSR count). The number of aryl methyl sites for hydroxylation is 1. The summed E-state index contributed by atoms with van der Waals surface area (Å²) in [6, 6.07) is 6.99. The molecule has 4 heteroatoms. The Morgan fingerprint density at radius 3 is 2.83 bits per heavy atom. The van der Waals surface area contributed by atoms with E-state index in [9.17, 15) is 4.39 Å². The summed E-state index contributed by atoms with van der Waals surface area (Å²) in [5.41, 5.74) is 2.39. The predicted molar refractivity (Wildman–Crippen MR) is 75.7 cm³/mol. The molecule has 18 heavy (non-hydrogen) atoms. The molecule has 0 unspecified atom stereocenters. The third-order valence-corrected chi connectivity index (χ3v) is 4.07. The van der Waals surface area contributed by atoms with Gasteiger partial charge >= 0.3 is 0 Å². The van der Waals surface area contributed by atoms with Gasteiger partial charge in [0.05, 0.1) is 5.02 Å². The molecule has 1 aromatic carbocycles. The standard InChI is InChI=1S/C14H15ClFNS/c1-2-11-5-6-18-14(11)9-17-8-10-3-4-13(16)12(15)7-10/h3-7,17H,2,8-9H2,1H3. The van der Waals surface area contributed by atoms with Gasteiger partial charge in [0.15, 0.2) is 0 Å². The number of hydrogen-bond acceptors (Lipinski definition) is 2. The van der Waals surface area contributed by atoms with Crippen molar-refractivity contribution in [3.63, 3.8) is 0 Å². The monoisotopic (exact) mass is 283 g/mol. The molecule has 0 aliphatic rings. The number of hydrogen-bond donors (Lipinski definition) is 1. The zero-order chi connectivity index (χ0) is 13.0. The average Bonchev–Trinajstić information content (AvgIpc) is 2.81. The molecule has 0 amide bonds. The minimum atomic E-state index is -0.369. The minimum absolute atomic E-state index is 0.180. The molecule has 2 aromatic rings. The van der Waals surface area contributed by atoms with Crippen LogP contribution in [0.25, 0.3) is 0 Å². The summed E-state index contributed by atoms with van der Waals surface area (Å²) in [6.07, 6.45) is 1.06. The molecule has 0 atom stereocenters. The van der Waals surface area contributed by atoms with Crippen molar-refractivity contribution >= 4 is 22.9 Å². The third-order valence-electron chi connectivity index (χ3n) is 2.82. The molecule has 0 saturated heterocycles. The van der Waals surface area contributed by atoms with Gasteiger partial charge in [0.2, 0.25) is 0 Å². The first-order valence-electron chi connectivity index (χ1n) is 5.90. The maximum atomic E-state index is 13.0. The van der Waals surface area contributed by atoms with Crippen LogP contribution in [0, 0.1) is 5.82 Å². The highest BCUT2D eigenvalue weighted by atomic mass is 35.5. The first-order valence-corrected chi connectivity index (χ1v) is 7.16. The molecule has 1 nitrogen and oxygen atoms in total. The lowest BCUT2D eigenvalue weighted by atomic mass is 10.2. The Morgan fingerprint density at radius 2 is 2.11 bits per heavy atom. The Hall–Kier alpha value is -0.900. The molecule has 1 N–H and O–H groups in total. The predicted octanol–water partition coefficient (Wildman–Crippen LogP) is 4.39. The van der Waals surface area contributed by atoms with Gasteiger partial charge < -0.3 is 5.32 Å². The van der Waals surface area contributed by atoms with Crippen molar-refractivity contribution in [1.29, 1.82) is 0 Å². The van der Waals surface area contributed by atoms with Gasteiger partial charge in [0.1, 0.15) is 5.82 Å². The summed E-state index contributed by atoms with van der Waals surface area (Å²) in [5.74, 6) is -0.369. The summed E-state index contributed by atoms with van der Waals surface area (Å²) < 4.78 is 13.0. The van der Waals surface area contributed by atoms with E-state index in [2.05, 4.69) is 23.7 Å². The summed E-state index contributed by atoms with van der Waals surface area (Å²) in [4.78, 5) is 1.37. The van der Waals surface area contributed by atoms with Gasteiger partial charge in [-0.15, -0.1) is 11.3 Å². The number of nitrogens with one attached hydrogen (secondary N) is 1. The van der Waals surface area contributed by atoms with Crippen LogP contribution < -0.4 is 5.32 Å². The van der Waals surface area contributed by atoms with Crippen molar-refractivity contribution in [2.75, 3.05) is 0 Å². The molecule has 0 saturated carbocycles. The Kier molecular flexibility index (Phi) is 4.75. The van der Waals surface area contributed by atoms with Crippen LogP contribution in [0.15, 0.2) is 29.6 Å². The molecule has 1 aromatic heterocycles. The van der Waals surface area contributed by atoms with E-state index in [0.717, 1.165) is 18.5 Å². The summed E-state index contributed by atoms with van der Waals surface area (Å²) >= 11 is 7.51. The van der Waals surface area contributed by atoms with Crippen LogP contribution in [0.5, 0.6) is 0 Å². The number of thiophene rings is 1. The van der Waals surface area contributed by atoms with Gasteiger partial charge in [-0.2, -0.15) is 0 Å². The van der Waals surface area contributed by atoms with E-state index >= 15 is 0 Å². The Bertz CT molecular complexity index is 524. The average molecular weight is 284 g/mol. The van der Waals surface area contributed by atoms with Crippen LogP contribution in [0.2, 0.25) is 5.02 Å². The molecule has 0 bridgehead atoms. The summed E-state index contributed by atoms with van der Waals surface area (Å²) in [5, 5.41) is 5.65. The van der Waals surface area contributed by atoms with Crippen LogP contribution >= 0.6 is 22.9 Å². The molecule has 0 radical (unpaired) electrons. The van der Waals surface area contributed by atoms with Crippen LogP contribution in [0.1, 0.15) is 22.9 Å². The van der Waals surface area contributed by atoms with Crippen molar-refractivity contribution in [3.05, 3.63) is 56.5 Å². The van der Waals surface area contributed by atoms with Crippen molar-refractivity contribution in [2.45, 2.75) is 26.4 Å². The number of rotatable bonds is 5. The van der Waals surface area contributed by atoms with E-state index in [4.69, 9.17) is 11.6 Å². The fourth-order valence-electron chi connectivity index (χ4n) is 1.81. The normalized spacial score (nSPS) is 10.8. The zero-order valence-electron chi connectivity index (χ0n) is 10.2. The summed E-state index contributed by atoms with van der Waals surface area (Å²) in [7, 11) is 0. The summed E-state index contributed by atoms with van der Waals surface area (Å²) in [6.45, 7) is 3.70. The van der Waals surface area contributed by atoms with Gasteiger partial charge in [-0.1, -0.05) is 24.6 Å². The highest BCUT2D eigenvalue weighted by Crippen LogP contribution is 2.18. The number of halogens is 2. The second-order valence-corrected chi connectivity index (χ2v) is 5.48. The van der Waals surface area contributed by atoms with E-state index < -0.39 is 0 Å². The van der Waals surface area contributed by atoms with Crippen LogP contribution in [0.4, 0.5) is 4.39 Å². The second kappa shape index (κ2) is 6.32. The minimum Gasteiger partial charge on any atom is -0.308 e. The van der Waals surface area contributed by atoms with Crippen molar-refractivity contribution in [3.8, 4) is 0 Å². The Labute approximate surface area is 116 Å². The maximum Gasteiger partial charge on any atom is 0.141 e. The van der Waals surface area contributed by atoms with Crippen LogP contribution in [-0.4, -0.2) is 0 Å². The lowest BCUT2D eigenvalue weighted by Crippen LogP contribution is -2.12. The van der Waals surface area contributed by atoms with Crippen molar-refractivity contribution < 1.29 is 4.39 Å². The smallest absolute Gasteiger partial charge is 0.141 e. The Balaban J connectivity index is 1.90. The van der Waals surface area contributed by atoms with E-state index in [1.807, 2.05) is 0 Å². The largest absolute Gasteiger partial charge is 0.308 e. The van der Waals surface area contributed by atoms with E-state index in [-0.39, 0.29) is 10.8 Å². The first kappa shape index (κ1) is 13.5. The van der Waals surface area contributed by atoms with Gasteiger partial charge in [-0.05, 0) is 41.1 Å². The van der Waals surface area contributed by atoms with E-state index in [1.165, 1.54) is 16.5 Å². The van der Waals surface area contributed by atoms with Crippen LogP contribution in [-0.2, 0) is 19.5 Å². The van der Waals surface area contributed by atoms with Gasteiger partial charge in [0, 0.05) is 18.0 Å². The van der Waals surface area contributed by atoms with Gasteiger partial charge in [-0.3, -0.25) is 0 Å². The second-order valence-electron chi connectivity index (χ2n) is 4.07. The van der Waals surface area contributed by atoms with Gasteiger partial charge in [-0.25, -0.2) is 4.39 Å². The quantitative estimate of drug-likeness (QED) is 0.858.